The summed E-state index contributed by atoms with van der Waals surface area (Å²) in [5, 5.41) is 5.61. The van der Waals surface area contributed by atoms with Crippen LogP contribution in [0.3, 0.4) is 0 Å². The minimum absolute atomic E-state index is 0.0206. The molecule has 0 aliphatic heterocycles. The molecule has 0 aromatic heterocycles. The van der Waals surface area contributed by atoms with Gasteiger partial charge in [0.05, 0.1) is 7.11 Å². The third-order valence-electron chi connectivity index (χ3n) is 3.91. The summed E-state index contributed by atoms with van der Waals surface area (Å²) in [6.45, 7) is 0.821. The van der Waals surface area contributed by atoms with E-state index >= 15 is 0 Å². The lowest BCUT2D eigenvalue weighted by Crippen LogP contribution is -2.37. The second-order valence-corrected chi connectivity index (χ2v) is 5.55. The molecule has 2 amide bonds. The first kappa shape index (κ1) is 16.3. The molecule has 4 N–H and O–H groups in total. The summed E-state index contributed by atoms with van der Waals surface area (Å²) in [6.07, 6.45) is 2.52. The molecule has 0 heterocycles. The quantitative estimate of drug-likeness (QED) is 0.673. The molecule has 2 unspecified atom stereocenters. The number of rotatable bonds is 6. The van der Waals surface area contributed by atoms with Crippen molar-refractivity contribution < 1.29 is 14.3 Å². The molecule has 1 saturated carbocycles. The van der Waals surface area contributed by atoms with Crippen LogP contribution in [0.25, 0.3) is 0 Å². The van der Waals surface area contributed by atoms with Crippen LogP contribution in [-0.2, 0) is 4.79 Å². The molecule has 1 aliphatic carbocycles. The molecule has 1 aliphatic rings. The molecule has 22 heavy (non-hydrogen) atoms. The fourth-order valence-corrected chi connectivity index (χ4v) is 2.61. The number of hydrogen-bond acceptors (Lipinski definition) is 4. The lowest BCUT2D eigenvalue weighted by atomic mass is 10.1. The maximum atomic E-state index is 11.9. The van der Waals surface area contributed by atoms with Gasteiger partial charge in [-0.3, -0.25) is 9.59 Å². The third-order valence-corrected chi connectivity index (χ3v) is 3.91. The molecule has 0 saturated heterocycles. The number of hydrogen-bond donors (Lipinski definition) is 3. The average molecular weight is 305 g/mol. The summed E-state index contributed by atoms with van der Waals surface area (Å²) in [5.74, 6) is 0.595. The first-order chi connectivity index (χ1) is 10.6. The summed E-state index contributed by atoms with van der Waals surface area (Å²) in [7, 11) is 1.58. The molecule has 1 fully saturated rings. The zero-order valence-corrected chi connectivity index (χ0v) is 12.8. The second-order valence-electron chi connectivity index (χ2n) is 5.55. The topological polar surface area (TPSA) is 93.5 Å². The number of amides is 2. The van der Waals surface area contributed by atoms with Gasteiger partial charge in [0.2, 0.25) is 5.91 Å². The third kappa shape index (κ3) is 4.46. The maximum absolute atomic E-state index is 11.9. The van der Waals surface area contributed by atoms with Crippen molar-refractivity contribution in [2.24, 2.45) is 11.7 Å². The Morgan fingerprint density at radius 1 is 1.18 bits per heavy atom. The van der Waals surface area contributed by atoms with E-state index in [0.717, 1.165) is 19.3 Å². The molecule has 0 spiro atoms. The average Bonchev–Trinajstić information content (AvgIpc) is 2.98. The molecule has 1 aromatic carbocycles. The number of carbonyl (C=O) groups is 2. The van der Waals surface area contributed by atoms with Crippen molar-refractivity contribution in [1.82, 2.24) is 10.6 Å². The standard InChI is InChI=1S/C16H23N3O3/c1-22-14-6-3-11(4-7-14)15(20)18-8-9-19-16(21)12-2-5-13(17)10-12/h3-4,6-7,12-13H,2,5,8-10,17H2,1H3,(H,18,20)(H,19,21). The van der Waals surface area contributed by atoms with Crippen molar-refractivity contribution >= 4 is 11.8 Å². The number of carbonyl (C=O) groups excluding carboxylic acids is 2. The second kappa shape index (κ2) is 7.79. The number of methoxy groups -OCH3 is 1. The molecule has 2 rings (SSSR count). The van der Waals surface area contributed by atoms with E-state index in [-0.39, 0.29) is 23.8 Å². The van der Waals surface area contributed by atoms with Gasteiger partial charge in [0, 0.05) is 30.6 Å². The smallest absolute Gasteiger partial charge is 0.251 e. The van der Waals surface area contributed by atoms with Crippen LogP contribution in [0, 0.1) is 5.92 Å². The van der Waals surface area contributed by atoms with Crippen molar-refractivity contribution in [2.75, 3.05) is 20.2 Å². The van der Waals surface area contributed by atoms with Crippen LogP contribution in [0.2, 0.25) is 0 Å². The van der Waals surface area contributed by atoms with Gasteiger partial charge in [0.15, 0.2) is 0 Å². The molecule has 2 atom stereocenters. The van der Waals surface area contributed by atoms with Gasteiger partial charge in [-0.25, -0.2) is 0 Å². The Morgan fingerprint density at radius 2 is 1.86 bits per heavy atom. The fraction of sp³-hybridized carbons (Fsp3) is 0.500. The molecule has 6 heteroatoms. The number of nitrogens with one attached hydrogen (secondary N) is 2. The number of ether oxygens (including phenoxy) is 1. The molecule has 6 nitrogen and oxygen atoms in total. The Balaban J connectivity index is 1.67. The Bertz CT molecular complexity index is 516. The van der Waals surface area contributed by atoms with Crippen molar-refractivity contribution in [3.05, 3.63) is 29.8 Å². The highest BCUT2D eigenvalue weighted by Gasteiger charge is 2.27. The predicted octanol–water partition coefficient (Wildman–Crippen LogP) is 0.669. The highest BCUT2D eigenvalue weighted by molar-refractivity contribution is 5.94. The SMILES string of the molecule is COc1ccc(C(=O)NCCNC(=O)C2CCC(N)C2)cc1. The van der Waals surface area contributed by atoms with Crippen LogP contribution >= 0.6 is 0 Å². The van der Waals surface area contributed by atoms with Gasteiger partial charge in [-0.2, -0.15) is 0 Å². The highest BCUT2D eigenvalue weighted by Crippen LogP contribution is 2.23. The minimum Gasteiger partial charge on any atom is -0.497 e. The Labute approximate surface area is 130 Å². The molecule has 0 radical (unpaired) electrons. The van der Waals surface area contributed by atoms with Gasteiger partial charge in [-0.15, -0.1) is 0 Å². The van der Waals surface area contributed by atoms with Crippen molar-refractivity contribution in [2.45, 2.75) is 25.3 Å². The number of nitrogens with two attached hydrogens (primary N) is 1. The summed E-state index contributed by atoms with van der Waals surface area (Å²) in [4.78, 5) is 23.8. The van der Waals surface area contributed by atoms with Crippen molar-refractivity contribution in [3.8, 4) is 5.75 Å². The van der Waals surface area contributed by atoms with Gasteiger partial charge >= 0.3 is 0 Å². The van der Waals surface area contributed by atoms with Crippen LogP contribution in [0.5, 0.6) is 5.75 Å². The summed E-state index contributed by atoms with van der Waals surface area (Å²) in [5.41, 5.74) is 6.36. The van der Waals surface area contributed by atoms with Gasteiger partial charge in [-0.1, -0.05) is 0 Å². The fourth-order valence-electron chi connectivity index (χ4n) is 2.61. The summed E-state index contributed by atoms with van der Waals surface area (Å²) in [6, 6.07) is 7.02. The Kier molecular flexibility index (Phi) is 5.77. The lowest BCUT2D eigenvalue weighted by Gasteiger charge is -2.11. The van der Waals surface area contributed by atoms with Crippen LogP contribution in [-0.4, -0.2) is 38.1 Å². The monoisotopic (exact) mass is 305 g/mol. The van der Waals surface area contributed by atoms with E-state index in [2.05, 4.69) is 10.6 Å². The predicted molar refractivity (Wildman–Crippen MR) is 83.7 cm³/mol. The van der Waals surface area contributed by atoms with Crippen LogP contribution in [0.1, 0.15) is 29.6 Å². The van der Waals surface area contributed by atoms with Crippen LogP contribution in [0.15, 0.2) is 24.3 Å². The van der Waals surface area contributed by atoms with E-state index in [4.69, 9.17) is 10.5 Å². The van der Waals surface area contributed by atoms with Gasteiger partial charge < -0.3 is 21.1 Å². The zero-order valence-electron chi connectivity index (χ0n) is 12.8. The summed E-state index contributed by atoms with van der Waals surface area (Å²) < 4.78 is 5.04. The van der Waals surface area contributed by atoms with Gasteiger partial charge in [0.1, 0.15) is 5.75 Å². The van der Waals surface area contributed by atoms with Crippen molar-refractivity contribution in [1.29, 1.82) is 0 Å². The highest BCUT2D eigenvalue weighted by atomic mass is 16.5. The normalized spacial score (nSPS) is 20.5. The zero-order chi connectivity index (χ0) is 15.9. The van der Waals surface area contributed by atoms with Gasteiger partial charge in [-0.05, 0) is 43.5 Å². The van der Waals surface area contributed by atoms with E-state index in [1.165, 1.54) is 0 Å². The first-order valence-electron chi connectivity index (χ1n) is 7.55. The first-order valence-corrected chi connectivity index (χ1v) is 7.55. The minimum atomic E-state index is -0.167. The van der Waals surface area contributed by atoms with E-state index in [1.54, 1.807) is 31.4 Å². The largest absolute Gasteiger partial charge is 0.497 e. The Hall–Kier alpha value is -2.08. The van der Waals surface area contributed by atoms with E-state index in [9.17, 15) is 9.59 Å². The van der Waals surface area contributed by atoms with Crippen molar-refractivity contribution in [3.63, 3.8) is 0 Å². The molecular formula is C16H23N3O3. The lowest BCUT2D eigenvalue weighted by molar-refractivity contribution is -0.124. The van der Waals surface area contributed by atoms with E-state index in [1.807, 2.05) is 0 Å². The maximum Gasteiger partial charge on any atom is 0.251 e. The summed E-state index contributed by atoms with van der Waals surface area (Å²) >= 11 is 0. The van der Waals surface area contributed by atoms with Crippen LogP contribution < -0.4 is 21.1 Å². The molecular weight excluding hydrogens is 282 g/mol. The van der Waals surface area contributed by atoms with E-state index in [0.29, 0.717) is 24.4 Å². The molecule has 0 bridgehead atoms. The van der Waals surface area contributed by atoms with Gasteiger partial charge in [0.25, 0.3) is 5.91 Å². The Morgan fingerprint density at radius 3 is 2.45 bits per heavy atom. The number of benzene rings is 1. The molecule has 120 valence electrons. The molecule has 1 aromatic rings. The van der Waals surface area contributed by atoms with E-state index < -0.39 is 0 Å². The van der Waals surface area contributed by atoms with Crippen LogP contribution in [0.4, 0.5) is 0 Å².